The summed E-state index contributed by atoms with van der Waals surface area (Å²) in [5.74, 6) is -0.819. The fourth-order valence-electron chi connectivity index (χ4n) is 1.64. The molecule has 2 aromatic carbocycles. The molecule has 0 spiro atoms. The first kappa shape index (κ1) is 17.2. The van der Waals surface area contributed by atoms with Gasteiger partial charge >= 0.3 is 0 Å². The Morgan fingerprint density at radius 2 is 2.09 bits per heavy atom. The van der Waals surface area contributed by atoms with Gasteiger partial charge in [0.1, 0.15) is 5.82 Å². The van der Waals surface area contributed by atoms with Gasteiger partial charge in [-0.1, -0.05) is 40.5 Å². The Kier molecular flexibility index (Phi) is 5.96. The van der Waals surface area contributed by atoms with E-state index >= 15 is 0 Å². The first-order valence-corrected chi connectivity index (χ1v) is 7.42. The van der Waals surface area contributed by atoms with Crippen molar-refractivity contribution in [2.45, 2.75) is 13.0 Å². The number of hydrogen-bond acceptors (Lipinski definition) is 3. The van der Waals surface area contributed by atoms with Crippen molar-refractivity contribution in [2.24, 2.45) is 5.16 Å². The number of hydrogen-bond donors (Lipinski definition) is 1. The molecule has 7 heteroatoms. The van der Waals surface area contributed by atoms with E-state index in [0.717, 1.165) is 0 Å². The Hall–Kier alpha value is -2.11. The molecule has 0 heterocycles. The summed E-state index contributed by atoms with van der Waals surface area (Å²) in [5.41, 5.74) is 0.907. The van der Waals surface area contributed by atoms with E-state index in [2.05, 4.69) is 10.5 Å². The molecular weight excluding hydrogens is 342 g/mol. The Morgan fingerprint density at radius 1 is 1.30 bits per heavy atom. The highest BCUT2D eigenvalue weighted by Crippen LogP contribution is 2.25. The predicted molar refractivity (Wildman–Crippen MR) is 89.6 cm³/mol. The summed E-state index contributed by atoms with van der Waals surface area (Å²) in [6.07, 6.45) is 0.453. The lowest BCUT2D eigenvalue weighted by Gasteiger charge is -2.11. The third-order valence-electron chi connectivity index (χ3n) is 2.82. The monoisotopic (exact) mass is 354 g/mol. The number of halogens is 3. The quantitative estimate of drug-likeness (QED) is 0.634. The van der Waals surface area contributed by atoms with E-state index in [-0.39, 0.29) is 5.82 Å². The van der Waals surface area contributed by atoms with Gasteiger partial charge in [0.25, 0.3) is 5.91 Å². The third kappa shape index (κ3) is 5.23. The second-order valence-electron chi connectivity index (χ2n) is 4.65. The normalized spacial score (nSPS) is 12.2. The SMILES string of the molecule is C[C@H](O/N=C\c1cccc(F)c1)C(=O)Nc1cc(Cl)ccc1Cl. The van der Waals surface area contributed by atoms with Crippen LogP contribution in [-0.2, 0) is 9.63 Å². The maximum Gasteiger partial charge on any atom is 0.268 e. The van der Waals surface area contributed by atoms with Crippen LogP contribution in [0.4, 0.5) is 10.1 Å². The molecule has 1 N–H and O–H groups in total. The Balaban J connectivity index is 1.93. The minimum Gasteiger partial charge on any atom is -0.383 e. The minimum absolute atomic E-state index is 0.359. The fraction of sp³-hybridized carbons (Fsp3) is 0.125. The predicted octanol–water partition coefficient (Wildman–Crippen LogP) is 4.51. The summed E-state index contributed by atoms with van der Waals surface area (Å²) < 4.78 is 13.0. The van der Waals surface area contributed by atoms with Crippen LogP contribution in [-0.4, -0.2) is 18.2 Å². The summed E-state index contributed by atoms with van der Waals surface area (Å²) in [7, 11) is 0. The van der Waals surface area contributed by atoms with Crippen molar-refractivity contribution in [3.8, 4) is 0 Å². The maximum atomic E-state index is 13.0. The van der Waals surface area contributed by atoms with Crippen molar-refractivity contribution < 1.29 is 14.0 Å². The lowest BCUT2D eigenvalue weighted by Crippen LogP contribution is -2.26. The van der Waals surface area contributed by atoms with Gasteiger partial charge in [-0.3, -0.25) is 4.79 Å². The van der Waals surface area contributed by atoms with E-state index in [1.54, 1.807) is 24.3 Å². The van der Waals surface area contributed by atoms with E-state index in [0.29, 0.717) is 21.3 Å². The molecule has 23 heavy (non-hydrogen) atoms. The molecule has 0 aromatic heterocycles. The van der Waals surface area contributed by atoms with Crippen LogP contribution < -0.4 is 5.32 Å². The van der Waals surface area contributed by atoms with E-state index < -0.39 is 12.0 Å². The van der Waals surface area contributed by atoms with Crippen LogP contribution in [0.2, 0.25) is 10.0 Å². The van der Waals surface area contributed by atoms with Gasteiger partial charge in [-0.25, -0.2) is 4.39 Å². The average molecular weight is 355 g/mol. The molecule has 1 amide bonds. The van der Waals surface area contributed by atoms with E-state index in [9.17, 15) is 9.18 Å². The molecule has 2 rings (SSSR count). The first-order chi connectivity index (χ1) is 11.0. The highest BCUT2D eigenvalue weighted by molar-refractivity contribution is 6.35. The summed E-state index contributed by atoms with van der Waals surface area (Å²) in [4.78, 5) is 17.0. The number of rotatable bonds is 5. The van der Waals surface area contributed by atoms with Crippen LogP contribution in [0.25, 0.3) is 0 Å². The molecule has 0 aliphatic heterocycles. The first-order valence-electron chi connectivity index (χ1n) is 6.66. The largest absolute Gasteiger partial charge is 0.383 e. The fourth-order valence-corrected chi connectivity index (χ4v) is 1.98. The highest BCUT2D eigenvalue weighted by atomic mass is 35.5. The molecule has 0 saturated heterocycles. The molecule has 0 bridgehead atoms. The summed E-state index contributed by atoms with van der Waals surface area (Å²) >= 11 is 11.8. The van der Waals surface area contributed by atoms with Gasteiger partial charge in [0, 0.05) is 5.02 Å². The molecule has 0 fully saturated rings. The van der Waals surface area contributed by atoms with Crippen molar-refractivity contribution in [3.05, 3.63) is 63.9 Å². The van der Waals surface area contributed by atoms with Crippen LogP contribution in [0.1, 0.15) is 12.5 Å². The zero-order valence-corrected chi connectivity index (χ0v) is 13.6. The van der Waals surface area contributed by atoms with Crippen molar-refractivity contribution >= 4 is 41.0 Å². The van der Waals surface area contributed by atoms with Crippen LogP contribution >= 0.6 is 23.2 Å². The lowest BCUT2D eigenvalue weighted by molar-refractivity contribution is -0.126. The molecule has 0 aliphatic carbocycles. The van der Waals surface area contributed by atoms with Gasteiger partial charge < -0.3 is 10.2 Å². The van der Waals surface area contributed by atoms with Crippen LogP contribution in [0.15, 0.2) is 47.6 Å². The molecule has 0 unspecified atom stereocenters. The van der Waals surface area contributed by atoms with Gasteiger partial charge in [-0.2, -0.15) is 0 Å². The van der Waals surface area contributed by atoms with Gasteiger partial charge in [0.05, 0.1) is 16.9 Å². The van der Waals surface area contributed by atoms with Crippen LogP contribution in [0, 0.1) is 5.82 Å². The molecule has 1 atom stereocenters. The Morgan fingerprint density at radius 3 is 2.83 bits per heavy atom. The number of benzene rings is 2. The van der Waals surface area contributed by atoms with Gasteiger partial charge in [0.15, 0.2) is 0 Å². The van der Waals surface area contributed by atoms with Crippen molar-refractivity contribution in [1.29, 1.82) is 0 Å². The van der Waals surface area contributed by atoms with E-state index in [1.807, 2.05) is 0 Å². The van der Waals surface area contributed by atoms with E-state index in [4.69, 9.17) is 28.0 Å². The Bertz CT molecular complexity index is 738. The van der Waals surface area contributed by atoms with Crippen molar-refractivity contribution in [2.75, 3.05) is 5.32 Å². The smallest absolute Gasteiger partial charge is 0.268 e. The standard InChI is InChI=1S/C16H13Cl2FN2O2/c1-10(23-20-9-11-3-2-4-13(19)7-11)16(22)21-15-8-12(17)5-6-14(15)18/h2-10H,1H3,(H,21,22)/b20-9-/t10-/m0/s1. The molecule has 4 nitrogen and oxygen atoms in total. The number of carbonyl (C=O) groups excluding carboxylic acids is 1. The molecule has 2 aromatic rings. The third-order valence-corrected chi connectivity index (χ3v) is 3.39. The number of anilines is 1. The number of oxime groups is 1. The number of carbonyl (C=O) groups is 1. The van der Waals surface area contributed by atoms with Gasteiger partial charge in [-0.15, -0.1) is 0 Å². The second-order valence-corrected chi connectivity index (χ2v) is 5.49. The zero-order chi connectivity index (χ0) is 16.8. The van der Waals surface area contributed by atoms with Gasteiger partial charge in [-0.05, 0) is 42.8 Å². The van der Waals surface area contributed by atoms with Crippen LogP contribution in [0.3, 0.4) is 0 Å². The molecule has 0 aliphatic rings. The number of nitrogens with zero attached hydrogens (tertiary/aromatic N) is 1. The molecular formula is C16H13Cl2FN2O2. The lowest BCUT2D eigenvalue weighted by atomic mass is 10.2. The highest BCUT2D eigenvalue weighted by Gasteiger charge is 2.15. The number of nitrogens with one attached hydrogen (secondary N) is 1. The minimum atomic E-state index is -0.866. The maximum absolute atomic E-state index is 13.0. The van der Waals surface area contributed by atoms with E-state index in [1.165, 1.54) is 31.3 Å². The Labute approximate surface area is 142 Å². The summed E-state index contributed by atoms with van der Waals surface area (Å²) in [6.45, 7) is 1.52. The van der Waals surface area contributed by atoms with Crippen LogP contribution in [0.5, 0.6) is 0 Å². The van der Waals surface area contributed by atoms with Crippen molar-refractivity contribution in [3.63, 3.8) is 0 Å². The summed E-state index contributed by atoms with van der Waals surface area (Å²) in [5, 5.41) is 7.07. The van der Waals surface area contributed by atoms with Gasteiger partial charge in [0.2, 0.25) is 6.10 Å². The average Bonchev–Trinajstić information content (AvgIpc) is 2.51. The molecule has 120 valence electrons. The molecule has 0 radical (unpaired) electrons. The second kappa shape index (κ2) is 7.94. The molecule has 0 saturated carbocycles. The zero-order valence-electron chi connectivity index (χ0n) is 12.1. The number of amides is 1. The summed E-state index contributed by atoms with van der Waals surface area (Å²) in [6, 6.07) is 10.5. The topological polar surface area (TPSA) is 50.7 Å². The van der Waals surface area contributed by atoms with Crippen molar-refractivity contribution in [1.82, 2.24) is 0 Å².